The van der Waals surface area contributed by atoms with Crippen LogP contribution in [0.1, 0.15) is 29.3 Å². The van der Waals surface area contributed by atoms with Gasteiger partial charge >= 0.3 is 0 Å². The monoisotopic (exact) mass is 366 g/mol. The van der Waals surface area contributed by atoms with Crippen molar-refractivity contribution in [2.24, 2.45) is 5.10 Å². The Morgan fingerprint density at radius 3 is 2.54 bits per heavy atom. The number of halogens is 3. The summed E-state index contributed by atoms with van der Waals surface area (Å²) in [7, 11) is 0. The number of thiophene rings is 1. The molecule has 4 rings (SSSR count). The van der Waals surface area contributed by atoms with Crippen LogP contribution in [0.15, 0.2) is 46.9 Å². The molecule has 2 aromatic rings. The number of hydrogen-bond acceptors (Lipinski definition) is 4. The van der Waals surface area contributed by atoms with Gasteiger partial charge in [-0.3, -0.25) is 5.01 Å². The van der Waals surface area contributed by atoms with Crippen molar-refractivity contribution in [1.82, 2.24) is 5.01 Å². The molecule has 7 heteroatoms. The van der Waals surface area contributed by atoms with Gasteiger partial charge in [0.2, 0.25) is 0 Å². The Balaban J connectivity index is 1.75. The highest BCUT2D eigenvalue weighted by atomic mass is 35.5. The minimum atomic E-state index is -3.04. The number of hydrazone groups is 1. The third kappa shape index (κ3) is 2.28. The molecule has 1 fully saturated rings. The Hall–Kier alpha value is -1.79. The van der Waals surface area contributed by atoms with Crippen molar-refractivity contribution in [2.45, 2.75) is 30.3 Å². The Labute approximate surface area is 146 Å². The first-order valence-electron chi connectivity index (χ1n) is 7.47. The lowest BCUT2D eigenvalue weighted by molar-refractivity contribution is -0.119. The van der Waals surface area contributed by atoms with Crippen LogP contribution >= 0.6 is 22.9 Å². The van der Waals surface area contributed by atoms with E-state index in [9.17, 15) is 13.6 Å². The first-order chi connectivity index (χ1) is 11.5. The van der Waals surface area contributed by atoms with Crippen LogP contribution in [0, 0.1) is 0 Å². The molecule has 0 amide bonds. The smallest absolute Gasteiger partial charge is 0.282 e. The molecule has 0 radical (unpaired) electrons. The average molecular weight is 367 g/mol. The molecule has 2 atom stereocenters. The maximum Gasteiger partial charge on any atom is 0.282 e. The van der Waals surface area contributed by atoms with E-state index >= 15 is 0 Å². The molecule has 1 aromatic heterocycles. The number of aldehydes is 1. The van der Waals surface area contributed by atoms with E-state index in [-0.39, 0.29) is 6.04 Å². The quantitative estimate of drug-likeness (QED) is 0.745. The lowest BCUT2D eigenvalue weighted by Gasteiger charge is -2.28. The zero-order chi connectivity index (χ0) is 16.9. The van der Waals surface area contributed by atoms with E-state index in [2.05, 4.69) is 5.10 Å². The van der Waals surface area contributed by atoms with Crippen LogP contribution in [-0.4, -0.2) is 28.5 Å². The summed E-state index contributed by atoms with van der Waals surface area (Å²) >= 11 is 7.39. The Kier molecular flexibility index (Phi) is 3.51. The maximum atomic E-state index is 13.9. The van der Waals surface area contributed by atoms with Gasteiger partial charge < -0.3 is 4.79 Å². The summed E-state index contributed by atoms with van der Waals surface area (Å²) in [6.45, 7) is 0. The number of benzene rings is 1. The van der Waals surface area contributed by atoms with E-state index in [1.165, 1.54) is 16.3 Å². The second-order valence-corrected chi connectivity index (χ2v) is 7.47. The molecular weight excluding hydrogens is 354 g/mol. The molecule has 124 valence electrons. The molecular formula is C17H13ClF2N2OS. The van der Waals surface area contributed by atoms with Crippen LogP contribution in [0.5, 0.6) is 0 Å². The van der Waals surface area contributed by atoms with E-state index < -0.39 is 17.9 Å². The zero-order valence-corrected chi connectivity index (χ0v) is 14.0. The first kappa shape index (κ1) is 15.7. The number of rotatable bonds is 4. The highest BCUT2D eigenvalue weighted by Gasteiger charge is 2.77. The first-order valence-corrected chi connectivity index (χ1v) is 8.73. The van der Waals surface area contributed by atoms with Gasteiger partial charge in [-0.1, -0.05) is 29.8 Å². The third-order valence-corrected chi connectivity index (χ3v) is 5.79. The standard InChI is InChI=1S/C17H13ClF2N2OS/c18-12-5-3-11(4-6-12)13-8-14(15-2-1-7-24-15)22(21-13)16(10-23)9-17(16,19)20/h1-7,10,14H,8-9H2. The molecule has 1 saturated carbocycles. The summed E-state index contributed by atoms with van der Waals surface area (Å²) in [6, 6.07) is 10.5. The Morgan fingerprint density at radius 2 is 2.00 bits per heavy atom. The minimum Gasteiger partial charge on any atom is -0.300 e. The van der Waals surface area contributed by atoms with Crippen LogP contribution in [-0.2, 0) is 4.79 Å². The minimum absolute atomic E-state index is 0.349. The topological polar surface area (TPSA) is 32.7 Å². The Morgan fingerprint density at radius 1 is 1.29 bits per heavy atom. The molecule has 3 nitrogen and oxygen atoms in total. The van der Waals surface area contributed by atoms with Crippen LogP contribution < -0.4 is 0 Å². The number of alkyl halides is 2. The average Bonchev–Trinajstić information content (AvgIpc) is 3.02. The fraction of sp³-hybridized carbons (Fsp3) is 0.294. The highest BCUT2D eigenvalue weighted by Crippen LogP contribution is 2.59. The van der Waals surface area contributed by atoms with Crippen LogP contribution in [0.25, 0.3) is 0 Å². The summed E-state index contributed by atoms with van der Waals surface area (Å²) in [5.41, 5.74) is -0.307. The fourth-order valence-electron chi connectivity index (χ4n) is 3.12. The number of carbonyl (C=O) groups is 1. The van der Waals surface area contributed by atoms with Crippen molar-refractivity contribution in [3.8, 4) is 0 Å². The van der Waals surface area contributed by atoms with Gasteiger partial charge in [0.15, 0.2) is 11.8 Å². The summed E-state index contributed by atoms with van der Waals surface area (Å²) < 4.78 is 27.9. The van der Waals surface area contributed by atoms with Crippen molar-refractivity contribution in [3.05, 3.63) is 57.2 Å². The van der Waals surface area contributed by atoms with Gasteiger partial charge in [0.05, 0.1) is 18.2 Å². The van der Waals surface area contributed by atoms with E-state index in [4.69, 9.17) is 11.6 Å². The van der Waals surface area contributed by atoms with Crippen LogP contribution in [0.4, 0.5) is 8.78 Å². The van der Waals surface area contributed by atoms with Crippen molar-refractivity contribution in [2.75, 3.05) is 0 Å². The van der Waals surface area contributed by atoms with E-state index in [1.54, 1.807) is 12.1 Å². The molecule has 2 heterocycles. The summed E-state index contributed by atoms with van der Waals surface area (Å²) in [6.07, 6.45) is 0.346. The molecule has 0 spiro atoms. The van der Waals surface area contributed by atoms with Gasteiger partial charge in [-0.15, -0.1) is 11.3 Å². The number of hydrogen-bond donors (Lipinski definition) is 0. The predicted molar refractivity (Wildman–Crippen MR) is 89.9 cm³/mol. The number of carbonyl (C=O) groups excluding carboxylic acids is 1. The molecule has 1 aliphatic heterocycles. The van der Waals surface area contributed by atoms with Gasteiger partial charge in [0.1, 0.15) is 0 Å². The molecule has 1 aromatic carbocycles. The SMILES string of the molecule is O=CC1(N2N=C(c3ccc(Cl)cc3)CC2c2cccs2)CC1(F)F. The molecule has 0 saturated heterocycles. The molecule has 2 unspecified atom stereocenters. The predicted octanol–water partition coefficient (Wildman–Crippen LogP) is 4.53. The van der Waals surface area contributed by atoms with E-state index in [0.717, 1.165) is 10.4 Å². The number of nitrogens with zero attached hydrogens (tertiary/aromatic N) is 2. The normalized spacial score (nSPS) is 27.9. The summed E-state index contributed by atoms with van der Waals surface area (Å²) in [5.74, 6) is -3.04. The van der Waals surface area contributed by atoms with E-state index in [1.807, 2.05) is 29.6 Å². The lowest BCUT2D eigenvalue weighted by atomic mass is 10.0. The van der Waals surface area contributed by atoms with Crippen molar-refractivity contribution >= 4 is 34.9 Å². The second-order valence-electron chi connectivity index (χ2n) is 6.06. The summed E-state index contributed by atoms with van der Waals surface area (Å²) in [5, 5.41) is 8.24. The van der Waals surface area contributed by atoms with Gasteiger partial charge in [0, 0.05) is 16.3 Å². The van der Waals surface area contributed by atoms with Crippen LogP contribution in [0.2, 0.25) is 5.02 Å². The van der Waals surface area contributed by atoms with Crippen LogP contribution in [0.3, 0.4) is 0 Å². The largest absolute Gasteiger partial charge is 0.300 e. The third-order valence-electron chi connectivity index (χ3n) is 4.56. The van der Waals surface area contributed by atoms with Gasteiger partial charge in [-0.05, 0) is 29.1 Å². The van der Waals surface area contributed by atoms with Crippen molar-refractivity contribution in [3.63, 3.8) is 0 Å². The zero-order valence-electron chi connectivity index (χ0n) is 12.5. The summed E-state index contributed by atoms with van der Waals surface area (Å²) in [4.78, 5) is 12.4. The molecule has 0 bridgehead atoms. The second kappa shape index (κ2) is 5.36. The molecule has 2 aliphatic rings. The molecule has 0 N–H and O–H groups in total. The maximum absolute atomic E-state index is 13.9. The van der Waals surface area contributed by atoms with E-state index in [0.29, 0.717) is 23.4 Å². The highest BCUT2D eigenvalue weighted by molar-refractivity contribution is 7.10. The Bertz CT molecular complexity index is 807. The fourth-order valence-corrected chi connectivity index (χ4v) is 4.06. The van der Waals surface area contributed by atoms with Crippen molar-refractivity contribution < 1.29 is 13.6 Å². The van der Waals surface area contributed by atoms with Gasteiger partial charge in [-0.25, -0.2) is 8.78 Å². The van der Waals surface area contributed by atoms with Gasteiger partial charge in [0.25, 0.3) is 5.92 Å². The molecule has 24 heavy (non-hydrogen) atoms. The molecule has 1 aliphatic carbocycles. The lowest BCUT2D eigenvalue weighted by Crippen LogP contribution is -2.39. The van der Waals surface area contributed by atoms with Gasteiger partial charge in [-0.2, -0.15) is 5.10 Å². The van der Waals surface area contributed by atoms with Crippen molar-refractivity contribution in [1.29, 1.82) is 0 Å².